The highest BCUT2D eigenvalue weighted by Gasteiger charge is 2.06. The van der Waals surface area contributed by atoms with E-state index in [9.17, 15) is 5.11 Å². The van der Waals surface area contributed by atoms with E-state index < -0.39 is 6.10 Å². The highest BCUT2D eigenvalue weighted by atomic mass is 16.5. The van der Waals surface area contributed by atoms with Gasteiger partial charge in [0.05, 0.1) is 19.3 Å². The van der Waals surface area contributed by atoms with Crippen LogP contribution in [0.2, 0.25) is 0 Å². The van der Waals surface area contributed by atoms with Crippen LogP contribution in [0.1, 0.15) is 19.4 Å². The van der Waals surface area contributed by atoms with Crippen molar-refractivity contribution in [2.24, 2.45) is 0 Å². The molecule has 17 heavy (non-hydrogen) atoms. The zero-order valence-electron chi connectivity index (χ0n) is 10.3. The van der Waals surface area contributed by atoms with E-state index in [0.29, 0.717) is 5.75 Å². The Morgan fingerprint density at radius 1 is 1.12 bits per heavy atom. The number of ether oxygens (including phenoxy) is 2. The molecule has 0 radical (unpaired) electrons. The second-order valence-corrected chi connectivity index (χ2v) is 4.15. The fourth-order valence-electron chi connectivity index (χ4n) is 1.24. The predicted octanol–water partition coefficient (Wildman–Crippen LogP) is 1.34. The standard InChI is InChI=1S/C13H20O4/c1-10(2)16-8-12(15)9-17-13-5-3-11(7-14)4-6-13/h3-6,10,12,14-15H,7-9H2,1-2H3. The predicted molar refractivity (Wildman–Crippen MR) is 65.0 cm³/mol. The molecule has 0 heterocycles. The average molecular weight is 240 g/mol. The first-order valence-corrected chi connectivity index (χ1v) is 5.74. The van der Waals surface area contributed by atoms with Crippen LogP contribution in [-0.2, 0) is 11.3 Å². The Morgan fingerprint density at radius 3 is 2.29 bits per heavy atom. The van der Waals surface area contributed by atoms with Crippen molar-refractivity contribution >= 4 is 0 Å². The molecule has 4 heteroatoms. The van der Waals surface area contributed by atoms with Crippen molar-refractivity contribution < 1.29 is 19.7 Å². The van der Waals surface area contributed by atoms with E-state index in [1.165, 1.54) is 0 Å². The zero-order chi connectivity index (χ0) is 12.7. The van der Waals surface area contributed by atoms with Crippen LogP contribution in [0.25, 0.3) is 0 Å². The maximum Gasteiger partial charge on any atom is 0.119 e. The topological polar surface area (TPSA) is 58.9 Å². The van der Waals surface area contributed by atoms with Crippen molar-refractivity contribution in [2.45, 2.75) is 32.7 Å². The van der Waals surface area contributed by atoms with E-state index in [1.54, 1.807) is 24.3 Å². The van der Waals surface area contributed by atoms with Gasteiger partial charge in [0.25, 0.3) is 0 Å². The summed E-state index contributed by atoms with van der Waals surface area (Å²) in [6.07, 6.45) is -0.525. The molecule has 0 saturated carbocycles. The summed E-state index contributed by atoms with van der Waals surface area (Å²) in [5.74, 6) is 0.672. The van der Waals surface area contributed by atoms with Crippen LogP contribution in [0, 0.1) is 0 Å². The number of aliphatic hydroxyl groups excluding tert-OH is 2. The van der Waals surface area contributed by atoms with E-state index in [4.69, 9.17) is 14.6 Å². The minimum absolute atomic E-state index is 0.0190. The molecular formula is C13H20O4. The number of hydrogen-bond acceptors (Lipinski definition) is 4. The van der Waals surface area contributed by atoms with Gasteiger partial charge in [-0.1, -0.05) is 12.1 Å². The summed E-state index contributed by atoms with van der Waals surface area (Å²) in [5, 5.41) is 18.4. The average Bonchev–Trinajstić information content (AvgIpc) is 2.34. The number of rotatable bonds is 7. The summed E-state index contributed by atoms with van der Waals surface area (Å²) in [4.78, 5) is 0. The second kappa shape index (κ2) is 7.27. The van der Waals surface area contributed by atoms with Gasteiger partial charge in [-0.2, -0.15) is 0 Å². The maximum atomic E-state index is 9.57. The summed E-state index contributed by atoms with van der Waals surface area (Å²) in [6.45, 7) is 4.32. The zero-order valence-corrected chi connectivity index (χ0v) is 10.3. The van der Waals surface area contributed by atoms with Crippen LogP contribution >= 0.6 is 0 Å². The Labute approximate surface area is 102 Å². The number of benzene rings is 1. The van der Waals surface area contributed by atoms with Crippen molar-refractivity contribution in [1.29, 1.82) is 0 Å². The lowest BCUT2D eigenvalue weighted by Crippen LogP contribution is -2.25. The molecule has 0 spiro atoms. The minimum atomic E-state index is -0.630. The van der Waals surface area contributed by atoms with Gasteiger partial charge in [-0.15, -0.1) is 0 Å². The van der Waals surface area contributed by atoms with Crippen molar-refractivity contribution in [3.63, 3.8) is 0 Å². The first-order chi connectivity index (χ1) is 8.11. The van der Waals surface area contributed by atoms with Gasteiger partial charge in [0.15, 0.2) is 0 Å². The molecule has 1 unspecified atom stereocenters. The molecule has 0 fully saturated rings. The van der Waals surface area contributed by atoms with E-state index in [2.05, 4.69) is 0 Å². The summed E-state index contributed by atoms with van der Waals surface area (Å²) in [5.41, 5.74) is 0.834. The highest BCUT2D eigenvalue weighted by molar-refractivity contribution is 5.26. The van der Waals surface area contributed by atoms with E-state index in [-0.39, 0.29) is 25.9 Å². The van der Waals surface area contributed by atoms with Crippen LogP contribution in [0.5, 0.6) is 5.75 Å². The maximum absolute atomic E-state index is 9.57. The molecule has 0 aliphatic heterocycles. The molecule has 0 saturated heterocycles. The first kappa shape index (κ1) is 14.0. The Hall–Kier alpha value is -1.10. The van der Waals surface area contributed by atoms with Gasteiger partial charge < -0.3 is 19.7 Å². The lowest BCUT2D eigenvalue weighted by molar-refractivity contribution is -0.0122. The smallest absolute Gasteiger partial charge is 0.119 e. The number of hydrogen-bond donors (Lipinski definition) is 2. The van der Waals surface area contributed by atoms with E-state index >= 15 is 0 Å². The number of aliphatic hydroxyl groups is 2. The van der Waals surface area contributed by atoms with E-state index in [0.717, 1.165) is 5.56 Å². The van der Waals surface area contributed by atoms with Crippen LogP contribution in [-0.4, -0.2) is 35.6 Å². The molecule has 1 rings (SSSR count). The highest BCUT2D eigenvalue weighted by Crippen LogP contribution is 2.12. The fourth-order valence-corrected chi connectivity index (χ4v) is 1.24. The summed E-state index contributed by atoms with van der Waals surface area (Å²) in [7, 11) is 0. The monoisotopic (exact) mass is 240 g/mol. The molecular weight excluding hydrogens is 220 g/mol. The van der Waals surface area contributed by atoms with Crippen LogP contribution in [0.4, 0.5) is 0 Å². The summed E-state index contributed by atoms with van der Waals surface area (Å²) >= 11 is 0. The lowest BCUT2D eigenvalue weighted by Gasteiger charge is -2.14. The second-order valence-electron chi connectivity index (χ2n) is 4.15. The SMILES string of the molecule is CC(C)OCC(O)COc1ccc(CO)cc1. The fraction of sp³-hybridized carbons (Fsp3) is 0.538. The molecule has 1 aromatic carbocycles. The molecule has 1 aromatic rings. The molecule has 96 valence electrons. The third-order valence-corrected chi connectivity index (χ3v) is 2.17. The van der Waals surface area contributed by atoms with Crippen LogP contribution in [0.3, 0.4) is 0 Å². The molecule has 0 aliphatic carbocycles. The molecule has 2 N–H and O–H groups in total. The van der Waals surface area contributed by atoms with Crippen molar-refractivity contribution in [1.82, 2.24) is 0 Å². The molecule has 4 nitrogen and oxygen atoms in total. The Bertz CT molecular complexity index is 308. The molecule has 0 amide bonds. The Morgan fingerprint density at radius 2 is 1.76 bits per heavy atom. The van der Waals surface area contributed by atoms with Gasteiger partial charge in [-0.3, -0.25) is 0 Å². The summed E-state index contributed by atoms with van der Waals surface area (Å²) < 4.78 is 10.7. The third-order valence-electron chi connectivity index (χ3n) is 2.17. The van der Waals surface area contributed by atoms with Gasteiger partial charge in [-0.25, -0.2) is 0 Å². The molecule has 0 aromatic heterocycles. The Balaban J connectivity index is 2.29. The van der Waals surface area contributed by atoms with Gasteiger partial charge in [0.1, 0.15) is 18.5 Å². The first-order valence-electron chi connectivity index (χ1n) is 5.74. The molecule has 0 aliphatic rings. The Kier molecular flexibility index (Phi) is 5.97. The van der Waals surface area contributed by atoms with Gasteiger partial charge in [0.2, 0.25) is 0 Å². The normalized spacial score (nSPS) is 12.8. The van der Waals surface area contributed by atoms with E-state index in [1.807, 2.05) is 13.8 Å². The van der Waals surface area contributed by atoms with Gasteiger partial charge in [-0.05, 0) is 31.5 Å². The molecule has 1 atom stereocenters. The quantitative estimate of drug-likeness (QED) is 0.755. The van der Waals surface area contributed by atoms with Crippen molar-refractivity contribution in [3.05, 3.63) is 29.8 Å². The van der Waals surface area contributed by atoms with Crippen molar-refractivity contribution in [3.8, 4) is 5.75 Å². The lowest BCUT2D eigenvalue weighted by atomic mass is 10.2. The van der Waals surface area contributed by atoms with Gasteiger partial charge in [0, 0.05) is 0 Å². The van der Waals surface area contributed by atoms with Crippen LogP contribution < -0.4 is 4.74 Å². The minimum Gasteiger partial charge on any atom is -0.491 e. The third kappa shape index (κ3) is 5.68. The van der Waals surface area contributed by atoms with Gasteiger partial charge >= 0.3 is 0 Å². The summed E-state index contributed by atoms with van der Waals surface area (Å²) in [6, 6.07) is 7.10. The largest absolute Gasteiger partial charge is 0.491 e. The molecule has 0 bridgehead atoms. The van der Waals surface area contributed by atoms with Crippen LogP contribution in [0.15, 0.2) is 24.3 Å². The van der Waals surface area contributed by atoms with Crippen molar-refractivity contribution in [2.75, 3.05) is 13.2 Å².